The molecule has 0 unspecified atom stereocenters. The lowest BCUT2D eigenvalue weighted by atomic mass is 9.82. The second-order valence-corrected chi connectivity index (χ2v) is 10.4. The van der Waals surface area contributed by atoms with Crippen molar-refractivity contribution in [2.45, 2.75) is 27.2 Å². The van der Waals surface area contributed by atoms with Crippen LogP contribution in [0.1, 0.15) is 34.8 Å². The Bertz CT molecular complexity index is 1320. The van der Waals surface area contributed by atoms with Gasteiger partial charge in [0.1, 0.15) is 0 Å². The maximum absolute atomic E-state index is 13.2. The minimum Gasteiger partial charge on any atom is -0.452 e. The molecule has 4 atom stereocenters. The minimum absolute atomic E-state index is 0.108. The molecule has 8 heteroatoms. The van der Waals surface area contributed by atoms with E-state index < -0.39 is 18.5 Å². The van der Waals surface area contributed by atoms with E-state index in [1.54, 1.807) is 12.1 Å². The zero-order valence-electron chi connectivity index (χ0n) is 19.6. The Balaban J connectivity index is 1.25. The molecular weight excluding hydrogens is 512 g/mol. The number of halogens is 1. The lowest BCUT2D eigenvalue weighted by Crippen LogP contribution is -2.33. The van der Waals surface area contributed by atoms with E-state index in [2.05, 4.69) is 27.3 Å². The minimum atomic E-state index is -0.706. The fourth-order valence-corrected chi connectivity index (χ4v) is 6.07. The van der Waals surface area contributed by atoms with Crippen molar-refractivity contribution in [3.8, 4) is 0 Å². The summed E-state index contributed by atoms with van der Waals surface area (Å²) < 4.78 is 6.14. The Labute approximate surface area is 211 Å². The summed E-state index contributed by atoms with van der Waals surface area (Å²) in [6, 6.07) is 9.99. The fraction of sp³-hybridized carbons (Fsp3) is 0.333. The van der Waals surface area contributed by atoms with Crippen molar-refractivity contribution >= 4 is 51.0 Å². The molecule has 2 aliphatic carbocycles. The lowest BCUT2D eigenvalue weighted by Gasteiger charge is -2.19. The normalized spacial score (nSPS) is 24.5. The van der Waals surface area contributed by atoms with E-state index in [1.807, 2.05) is 32.9 Å². The van der Waals surface area contributed by atoms with Gasteiger partial charge in [0.2, 0.25) is 11.8 Å². The molecule has 3 amide bonds. The highest BCUT2D eigenvalue weighted by molar-refractivity contribution is 9.10. The summed E-state index contributed by atoms with van der Waals surface area (Å²) in [6.45, 7) is 5.35. The molecule has 1 saturated heterocycles. The molecule has 1 saturated carbocycles. The number of aryl methyl sites for hydroxylation is 2. The van der Waals surface area contributed by atoms with E-state index >= 15 is 0 Å². The summed E-state index contributed by atoms with van der Waals surface area (Å²) in [6.07, 6.45) is 2.98. The van der Waals surface area contributed by atoms with Crippen molar-refractivity contribution in [1.29, 1.82) is 0 Å². The van der Waals surface area contributed by atoms with Gasteiger partial charge in [-0.2, -0.15) is 0 Å². The SMILES string of the molecule is CC1=C[C@H]2C[C@H]1[C@H]1C(=O)N(c3cccc(C(=O)OCC(=O)Nc4cc(C)c(Br)cc4C)c3)C(=O)[C@H]12. The predicted molar refractivity (Wildman–Crippen MR) is 134 cm³/mol. The molecule has 1 heterocycles. The van der Waals surface area contributed by atoms with Gasteiger partial charge in [0.15, 0.2) is 6.61 Å². The van der Waals surface area contributed by atoms with Gasteiger partial charge >= 0.3 is 5.97 Å². The molecular formula is C27H25BrN2O5. The molecule has 5 rings (SSSR count). The van der Waals surface area contributed by atoms with Crippen molar-refractivity contribution < 1.29 is 23.9 Å². The molecule has 2 aromatic carbocycles. The average Bonchev–Trinajstić information content (AvgIpc) is 3.46. The summed E-state index contributed by atoms with van der Waals surface area (Å²) in [7, 11) is 0. The van der Waals surface area contributed by atoms with Gasteiger partial charge in [-0.1, -0.05) is 33.6 Å². The van der Waals surface area contributed by atoms with Crippen LogP contribution in [0.4, 0.5) is 11.4 Å². The quantitative estimate of drug-likeness (QED) is 0.343. The molecule has 180 valence electrons. The largest absolute Gasteiger partial charge is 0.452 e. The fourth-order valence-electron chi connectivity index (χ4n) is 5.62. The van der Waals surface area contributed by atoms with Gasteiger partial charge < -0.3 is 10.1 Å². The zero-order valence-corrected chi connectivity index (χ0v) is 21.2. The number of fused-ring (bicyclic) bond motifs is 5. The first-order valence-electron chi connectivity index (χ1n) is 11.6. The predicted octanol–water partition coefficient (Wildman–Crippen LogP) is 4.56. The smallest absolute Gasteiger partial charge is 0.338 e. The number of hydrogen-bond acceptors (Lipinski definition) is 5. The number of anilines is 2. The Hall–Kier alpha value is -3.26. The van der Waals surface area contributed by atoms with E-state index in [1.165, 1.54) is 22.6 Å². The molecule has 3 aliphatic rings. The number of esters is 1. The van der Waals surface area contributed by atoms with Crippen LogP contribution in [-0.4, -0.2) is 30.3 Å². The highest BCUT2D eigenvalue weighted by atomic mass is 79.9. The summed E-state index contributed by atoms with van der Waals surface area (Å²) in [5, 5.41) is 2.75. The van der Waals surface area contributed by atoms with Gasteiger partial charge in [0, 0.05) is 10.2 Å². The molecule has 0 radical (unpaired) electrons. The number of carbonyl (C=O) groups is 4. The maximum Gasteiger partial charge on any atom is 0.338 e. The number of benzene rings is 2. The van der Waals surface area contributed by atoms with Gasteiger partial charge in [-0.15, -0.1) is 0 Å². The number of nitrogens with zero attached hydrogens (tertiary/aromatic N) is 1. The lowest BCUT2D eigenvalue weighted by molar-refractivity contribution is -0.123. The molecule has 35 heavy (non-hydrogen) atoms. The van der Waals surface area contributed by atoms with Gasteiger partial charge in [0.05, 0.1) is 23.1 Å². The van der Waals surface area contributed by atoms with Gasteiger partial charge in [-0.3, -0.25) is 14.4 Å². The van der Waals surface area contributed by atoms with Crippen LogP contribution in [0.2, 0.25) is 0 Å². The molecule has 0 spiro atoms. The van der Waals surface area contributed by atoms with E-state index in [9.17, 15) is 19.2 Å². The molecule has 2 fully saturated rings. The standard InChI is InChI=1S/C27H25BrN2O5/c1-13-7-17-11-19(13)24-23(17)25(32)30(26(24)33)18-6-4-5-16(10-18)27(34)35-12-22(31)29-21-9-14(2)20(28)8-15(21)3/h4-10,17,19,23-24H,11-12H2,1-3H3,(H,29,31)/t17-,19+,23-,24+/m0/s1. The van der Waals surface area contributed by atoms with Crippen LogP contribution < -0.4 is 10.2 Å². The molecule has 1 aliphatic heterocycles. The molecule has 1 N–H and O–H groups in total. The Morgan fingerprint density at radius 3 is 2.57 bits per heavy atom. The average molecular weight is 537 g/mol. The monoisotopic (exact) mass is 536 g/mol. The first kappa shape index (κ1) is 23.5. The van der Waals surface area contributed by atoms with Crippen molar-refractivity contribution in [1.82, 2.24) is 0 Å². The van der Waals surface area contributed by atoms with Crippen molar-refractivity contribution in [3.63, 3.8) is 0 Å². The first-order chi connectivity index (χ1) is 16.7. The van der Waals surface area contributed by atoms with Crippen molar-refractivity contribution in [2.24, 2.45) is 23.7 Å². The number of amides is 3. The summed E-state index contributed by atoms with van der Waals surface area (Å²) >= 11 is 3.45. The third-order valence-electron chi connectivity index (χ3n) is 7.33. The van der Waals surface area contributed by atoms with Crippen LogP contribution >= 0.6 is 15.9 Å². The van der Waals surface area contributed by atoms with Crippen LogP contribution in [0.5, 0.6) is 0 Å². The Kier molecular flexibility index (Phi) is 5.87. The molecule has 0 aromatic heterocycles. The number of imide groups is 1. The van der Waals surface area contributed by atoms with Gasteiger partial charge in [0.25, 0.3) is 5.91 Å². The number of carbonyl (C=O) groups excluding carboxylic acids is 4. The number of nitrogens with one attached hydrogen (secondary N) is 1. The van der Waals surface area contributed by atoms with E-state index in [0.29, 0.717) is 11.4 Å². The van der Waals surface area contributed by atoms with E-state index in [-0.39, 0.29) is 41.0 Å². The van der Waals surface area contributed by atoms with Crippen LogP contribution in [0.25, 0.3) is 0 Å². The third-order valence-corrected chi connectivity index (χ3v) is 8.19. The molecule has 2 bridgehead atoms. The van der Waals surface area contributed by atoms with Crippen LogP contribution in [0, 0.1) is 37.5 Å². The molecule has 2 aromatic rings. The first-order valence-corrected chi connectivity index (χ1v) is 12.3. The van der Waals surface area contributed by atoms with Crippen LogP contribution in [0.15, 0.2) is 52.5 Å². The summed E-state index contributed by atoms with van der Waals surface area (Å²) in [5.74, 6) is -1.99. The number of allylic oxidation sites excluding steroid dienone is 2. The Morgan fingerprint density at radius 1 is 1.06 bits per heavy atom. The van der Waals surface area contributed by atoms with Gasteiger partial charge in [-0.05, 0) is 80.5 Å². The zero-order chi connectivity index (χ0) is 25.0. The summed E-state index contributed by atoms with van der Waals surface area (Å²) in [5.41, 5.74) is 4.19. The van der Waals surface area contributed by atoms with E-state index in [0.717, 1.165) is 22.0 Å². The second kappa shape index (κ2) is 8.75. The van der Waals surface area contributed by atoms with Crippen molar-refractivity contribution in [2.75, 3.05) is 16.8 Å². The Morgan fingerprint density at radius 2 is 1.80 bits per heavy atom. The second-order valence-electron chi connectivity index (χ2n) is 9.57. The number of hydrogen-bond donors (Lipinski definition) is 1. The summed E-state index contributed by atoms with van der Waals surface area (Å²) in [4.78, 5) is 52.5. The van der Waals surface area contributed by atoms with Gasteiger partial charge in [-0.25, -0.2) is 9.69 Å². The molecule has 7 nitrogen and oxygen atoms in total. The highest BCUT2D eigenvalue weighted by Crippen LogP contribution is 2.55. The van der Waals surface area contributed by atoms with Crippen molar-refractivity contribution in [3.05, 3.63) is 69.2 Å². The number of rotatable bonds is 5. The highest BCUT2D eigenvalue weighted by Gasteiger charge is 2.60. The third kappa shape index (κ3) is 3.99. The van der Waals surface area contributed by atoms with Crippen LogP contribution in [-0.2, 0) is 19.1 Å². The van der Waals surface area contributed by atoms with Crippen LogP contribution in [0.3, 0.4) is 0 Å². The topological polar surface area (TPSA) is 92.8 Å². The number of ether oxygens (including phenoxy) is 1. The maximum atomic E-state index is 13.2. The van der Waals surface area contributed by atoms with E-state index in [4.69, 9.17) is 4.74 Å².